The zero-order valence-electron chi connectivity index (χ0n) is 14.0. The summed E-state index contributed by atoms with van der Waals surface area (Å²) in [6, 6.07) is 15.4. The molecular formula is C19H23FN2O3. The Morgan fingerprint density at radius 1 is 1.16 bits per heavy atom. The van der Waals surface area contributed by atoms with Crippen LogP contribution in [0.2, 0.25) is 0 Å². The van der Waals surface area contributed by atoms with Crippen LogP contribution >= 0.6 is 0 Å². The SMILES string of the molecule is NC(=O)CCN(Cc1ccccc1)C[C@H](O)COc1ccc(F)cc1. The van der Waals surface area contributed by atoms with Gasteiger partial charge in [0.25, 0.3) is 0 Å². The van der Waals surface area contributed by atoms with Crippen LogP contribution in [0.1, 0.15) is 12.0 Å². The second-order valence-corrected chi connectivity index (χ2v) is 5.86. The van der Waals surface area contributed by atoms with Crippen molar-refractivity contribution in [3.8, 4) is 5.75 Å². The average molecular weight is 346 g/mol. The van der Waals surface area contributed by atoms with Crippen molar-refractivity contribution in [3.63, 3.8) is 0 Å². The minimum absolute atomic E-state index is 0.0769. The molecule has 2 aromatic rings. The Labute approximate surface area is 146 Å². The summed E-state index contributed by atoms with van der Waals surface area (Å²) in [5.74, 6) is -0.226. The second-order valence-electron chi connectivity index (χ2n) is 5.86. The van der Waals surface area contributed by atoms with E-state index < -0.39 is 6.10 Å². The quantitative estimate of drug-likeness (QED) is 0.689. The minimum atomic E-state index is -0.748. The number of benzene rings is 2. The van der Waals surface area contributed by atoms with Gasteiger partial charge in [-0.1, -0.05) is 30.3 Å². The van der Waals surface area contributed by atoms with E-state index in [1.165, 1.54) is 24.3 Å². The molecular weight excluding hydrogens is 323 g/mol. The number of rotatable bonds is 10. The zero-order chi connectivity index (χ0) is 18.1. The Hall–Kier alpha value is -2.44. The number of ether oxygens (including phenoxy) is 1. The highest BCUT2D eigenvalue weighted by Gasteiger charge is 2.14. The summed E-state index contributed by atoms with van der Waals surface area (Å²) in [5, 5.41) is 10.2. The number of hydrogen-bond donors (Lipinski definition) is 2. The molecule has 1 atom stereocenters. The van der Waals surface area contributed by atoms with Crippen molar-refractivity contribution in [3.05, 3.63) is 66.0 Å². The molecule has 0 aliphatic carbocycles. The Morgan fingerprint density at radius 2 is 1.84 bits per heavy atom. The Morgan fingerprint density at radius 3 is 2.48 bits per heavy atom. The number of aliphatic hydroxyl groups excluding tert-OH is 1. The predicted molar refractivity (Wildman–Crippen MR) is 93.4 cm³/mol. The molecule has 25 heavy (non-hydrogen) atoms. The molecule has 0 unspecified atom stereocenters. The molecule has 0 aliphatic rings. The summed E-state index contributed by atoms with van der Waals surface area (Å²) in [5.41, 5.74) is 6.31. The molecule has 2 aromatic carbocycles. The van der Waals surface area contributed by atoms with Gasteiger partial charge in [0, 0.05) is 26.1 Å². The maximum atomic E-state index is 12.9. The summed E-state index contributed by atoms with van der Waals surface area (Å²) in [4.78, 5) is 13.0. The smallest absolute Gasteiger partial charge is 0.218 e. The van der Waals surface area contributed by atoms with Crippen LogP contribution in [-0.4, -0.2) is 41.7 Å². The number of nitrogens with zero attached hydrogens (tertiary/aromatic N) is 1. The first-order valence-electron chi connectivity index (χ1n) is 8.14. The van der Waals surface area contributed by atoms with Crippen LogP contribution in [0.5, 0.6) is 5.75 Å². The monoisotopic (exact) mass is 346 g/mol. The first-order valence-corrected chi connectivity index (χ1v) is 8.14. The summed E-state index contributed by atoms with van der Waals surface area (Å²) >= 11 is 0. The normalized spacial score (nSPS) is 12.1. The van der Waals surface area contributed by atoms with Crippen molar-refractivity contribution in [2.75, 3.05) is 19.7 Å². The maximum Gasteiger partial charge on any atom is 0.218 e. The molecule has 134 valence electrons. The highest BCUT2D eigenvalue weighted by molar-refractivity contribution is 5.73. The fourth-order valence-corrected chi connectivity index (χ4v) is 2.42. The van der Waals surface area contributed by atoms with Gasteiger partial charge in [-0.15, -0.1) is 0 Å². The molecule has 2 rings (SSSR count). The van der Waals surface area contributed by atoms with Crippen LogP contribution in [0.15, 0.2) is 54.6 Å². The Bertz CT molecular complexity index is 649. The highest BCUT2D eigenvalue weighted by atomic mass is 19.1. The van der Waals surface area contributed by atoms with Gasteiger partial charge in [0.15, 0.2) is 0 Å². The lowest BCUT2D eigenvalue weighted by Gasteiger charge is -2.25. The van der Waals surface area contributed by atoms with Gasteiger partial charge in [-0.2, -0.15) is 0 Å². The van der Waals surface area contributed by atoms with E-state index in [0.29, 0.717) is 25.4 Å². The van der Waals surface area contributed by atoms with E-state index in [4.69, 9.17) is 10.5 Å². The van der Waals surface area contributed by atoms with E-state index in [9.17, 15) is 14.3 Å². The minimum Gasteiger partial charge on any atom is -0.491 e. The number of primary amides is 1. The van der Waals surface area contributed by atoms with Crippen LogP contribution in [0.25, 0.3) is 0 Å². The van der Waals surface area contributed by atoms with E-state index in [1.54, 1.807) is 0 Å². The molecule has 0 heterocycles. The van der Waals surface area contributed by atoms with Crippen molar-refractivity contribution in [1.29, 1.82) is 0 Å². The van der Waals surface area contributed by atoms with Gasteiger partial charge in [0.1, 0.15) is 24.3 Å². The van der Waals surface area contributed by atoms with Crippen molar-refractivity contribution in [2.24, 2.45) is 5.73 Å². The Balaban J connectivity index is 1.87. The summed E-state index contributed by atoms with van der Waals surface area (Å²) in [6.45, 7) is 1.47. The Kier molecular flexibility index (Phi) is 7.37. The van der Waals surface area contributed by atoms with E-state index in [2.05, 4.69) is 0 Å². The molecule has 0 bridgehead atoms. The highest BCUT2D eigenvalue weighted by Crippen LogP contribution is 2.12. The summed E-state index contributed by atoms with van der Waals surface area (Å²) < 4.78 is 18.3. The van der Waals surface area contributed by atoms with Crippen LogP contribution in [0, 0.1) is 5.82 Å². The number of carbonyl (C=O) groups excluding carboxylic acids is 1. The van der Waals surface area contributed by atoms with Gasteiger partial charge < -0.3 is 15.6 Å². The molecule has 0 fully saturated rings. The first kappa shape index (κ1) is 18.9. The van der Waals surface area contributed by atoms with Crippen LogP contribution in [-0.2, 0) is 11.3 Å². The molecule has 3 N–H and O–H groups in total. The maximum absolute atomic E-state index is 12.9. The molecule has 5 nitrogen and oxygen atoms in total. The number of amides is 1. The average Bonchev–Trinajstić information content (AvgIpc) is 2.60. The molecule has 0 saturated carbocycles. The van der Waals surface area contributed by atoms with E-state index in [-0.39, 0.29) is 24.8 Å². The van der Waals surface area contributed by atoms with Gasteiger partial charge in [0.2, 0.25) is 5.91 Å². The lowest BCUT2D eigenvalue weighted by atomic mass is 10.2. The molecule has 0 aliphatic heterocycles. The molecule has 0 spiro atoms. The van der Waals surface area contributed by atoms with Gasteiger partial charge in [-0.05, 0) is 29.8 Å². The zero-order valence-corrected chi connectivity index (χ0v) is 14.0. The molecule has 6 heteroatoms. The van der Waals surface area contributed by atoms with Crippen LogP contribution in [0.4, 0.5) is 4.39 Å². The molecule has 0 aromatic heterocycles. The van der Waals surface area contributed by atoms with Crippen molar-refractivity contribution in [1.82, 2.24) is 4.90 Å². The predicted octanol–water partition coefficient (Wildman–Crippen LogP) is 1.94. The van der Waals surface area contributed by atoms with Crippen LogP contribution < -0.4 is 10.5 Å². The van der Waals surface area contributed by atoms with Crippen molar-refractivity contribution >= 4 is 5.91 Å². The molecule has 0 saturated heterocycles. The van der Waals surface area contributed by atoms with Gasteiger partial charge >= 0.3 is 0 Å². The number of carbonyl (C=O) groups is 1. The third kappa shape index (κ3) is 7.32. The van der Waals surface area contributed by atoms with Gasteiger partial charge in [0.05, 0.1) is 0 Å². The van der Waals surface area contributed by atoms with Crippen molar-refractivity contribution < 1.29 is 19.0 Å². The first-order chi connectivity index (χ1) is 12.0. The third-order valence-corrected chi connectivity index (χ3v) is 3.65. The summed E-state index contributed by atoms with van der Waals surface area (Å²) in [6.07, 6.45) is -0.528. The lowest BCUT2D eigenvalue weighted by Crippen LogP contribution is -2.37. The topological polar surface area (TPSA) is 75.8 Å². The standard InChI is InChI=1S/C19H23FN2O3/c20-16-6-8-18(9-7-16)25-14-17(23)13-22(11-10-19(21)24)12-15-4-2-1-3-5-15/h1-9,17,23H,10-14H2,(H2,21,24)/t17-/m0/s1. The lowest BCUT2D eigenvalue weighted by molar-refractivity contribution is -0.118. The number of aliphatic hydroxyl groups is 1. The van der Waals surface area contributed by atoms with Gasteiger partial charge in [-0.3, -0.25) is 9.69 Å². The molecule has 1 amide bonds. The fourth-order valence-electron chi connectivity index (χ4n) is 2.42. The van der Waals surface area contributed by atoms with E-state index >= 15 is 0 Å². The van der Waals surface area contributed by atoms with Gasteiger partial charge in [-0.25, -0.2) is 4.39 Å². The van der Waals surface area contributed by atoms with E-state index in [1.807, 2.05) is 35.2 Å². The number of halogens is 1. The fraction of sp³-hybridized carbons (Fsp3) is 0.316. The molecule has 0 radical (unpaired) electrons. The van der Waals surface area contributed by atoms with E-state index in [0.717, 1.165) is 5.56 Å². The number of nitrogens with two attached hydrogens (primary N) is 1. The number of hydrogen-bond acceptors (Lipinski definition) is 4. The van der Waals surface area contributed by atoms with Crippen molar-refractivity contribution in [2.45, 2.75) is 19.1 Å². The third-order valence-electron chi connectivity index (χ3n) is 3.65. The summed E-state index contributed by atoms with van der Waals surface area (Å²) in [7, 11) is 0. The van der Waals surface area contributed by atoms with Crippen LogP contribution in [0.3, 0.4) is 0 Å². The second kappa shape index (κ2) is 9.76. The largest absolute Gasteiger partial charge is 0.491 e.